The SMILES string of the molecule is COc1ccc(C(=O)c2c[nH]n(C)c2=O)c(F)c1N=S1(=O)CCCCC1. The molecule has 3 rings (SSSR count). The van der Waals surface area contributed by atoms with E-state index < -0.39 is 26.9 Å². The molecule has 9 heteroatoms. The second-order valence-electron chi connectivity index (χ2n) is 6.19. The van der Waals surface area contributed by atoms with Gasteiger partial charge in [0.1, 0.15) is 11.3 Å². The van der Waals surface area contributed by atoms with Gasteiger partial charge in [0, 0.05) is 24.8 Å². The van der Waals surface area contributed by atoms with Crippen molar-refractivity contribution in [2.24, 2.45) is 11.4 Å². The summed E-state index contributed by atoms with van der Waals surface area (Å²) in [5, 5.41) is 2.58. The maximum Gasteiger partial charge on any atom is 0.277 e. The molecule has 0 radical (unpaired) electrons. The van der Waals surface area contributed by atoms with Crippen LogP contribution in [0.25, 0.3) is 0 Å². The first-order valence-corrected chi connectivity index (χ1v) is 10.1. The number of halogens is 1. The van der Waals surface area contributed by atoms with E-state index in [9.17, 15) is 13.8 Å². The van der Waals surface area contributed by atoms with Crippen molar-refractivity contribution in [1.82, 2.24) is 9.78 Å². The van der Waals surface area contributed by atoms with Gasteiger partial charge in [0.15, 0.2) is 11.5 Å². The molecular formula is C17H20FN3O4S. The quantitative estimate of drug-likeness (QED) is 0.823. The van der Waals surface area contributed by atoms with Crippen molar-refractivity contribution >= 4 is 21.2 Å². The van der Waals surface area contributed by atoms with Crippen LogP contribution in [0.5, 0.6) is 5.75 Å². The standard InChI is InChI=1S/C17H20FN3O4S/c1-21-17(23)12(10-19-21)16(22)11-6-7-13(25-2)15(14(11)18)20-26(24)8-4-3-5-9-26/h6-7,10,19H,3-5,8-9H2,1-2H3. The Morgan fingerprint density at radius 1 is 1.27 bits per heavy atom. The van der Waals surface area contributed by atoms with Crippen molar-refractivity contribution in [3.63, 3.8) is 0 Å². The summed E-state index contributed by atoms with van der Waals surface area (Å²) in [7, 11) is 0.220. The summed E-state index contributed by atoms with van der Waals surface area (Å²) in [6, 6.07) is 2.65. The molecule has 0 spiro atoms. The molecule has 1 fully saturated rings. The topological polar surface area (TPSA) is 93.5 Å². The maximum absolute atomic E-state index is 15.1. The van der Waals surface area contributed by atoms with Gasteiger partial charge in [-0.3, -0.25) is 14.3 Å². The van der Waals surface area contributed by atoms with Gasteiger partial charge in [0.2, 0.25) is 5.78 Å². The number of carbonyl (C=O) groups excluding carboxylic acids is 1. The molecule has 26 heavy (non-hydrogen) atoms. The number of ether oxygens (including phenoxy) is 1. The van der Waals surface area contributed by atoms with Gasteiger partial charge in [-0.25, -0.2) is 8.60 Å². The minimum absolute atomic E-state index is 0.106. The number of rotatable bonds is 4. The third-order valence-electron chi connectivity index (χ3n) is 4.41. The van der Waals surface area contributed by atoms with Gasteiger partial charge < -0.3 is 9.84 Å². The van der Waals surface area contributed by atoms with Crippen LogP contribution in [0.1, 0.15) is 35.2 Å². The third kappa shape index (κ3) is 3.31. The van der Waals surface area contributed by atoms with Gasteiger partial charge >= 0.3 is 0 Å². The summed E-state index contributed by atoms with van der Waals surface area (Å²) >= 11 is 0. The van der Waals surface area contributed by atoms with E-state index >= 15 is 4.39 Å². The Morgan fingerprint density at radius 2 is 1.96 bits per heavy atom. The molecule has 0 aliphatic carbocycles. The summed E-state index contributed by atoms with van der Waals surface area (Å²) in [4.78, 5) is 24.6. The predicted octanol–water partition coefficient (Wildman–Crippen LogP) is 2.38. The first-order valence-electron chi connectivity index (χ1n) is 8.24. The Labute approximate surface area is 150 Å². The largest absolute Gasteiger partial charge is 0.494 e. The molecule has 2 aromatic rings. The lowest BCUT2D eigenvalue weighted by Crippen LogP contribution is -2.20. The van der Waals surface area contributed by atoms with Crippen LogP contribution in [0, 0.1) is 5.82 Å². The fraction of sp³-hybridized carbons (Fsp3) is 0.412. The molecule has 0 amide bonds. The molecule has 0 unspecified atom stereocenters. The fourth-order valence-corrected chi connectivity index (χ4v) is 5.13. The molecule has 0 atom stereocenters. The predicted molar refractivity (Wildman–Crippen MR) is 96.2 cm³/mol. The molecular weight excluding hydrogens is 361 g/mol. The average Bonchev–Trinajstić information content (AvgIpc) is 2.96. The number of ketones is 1. The molecule has 1 aromatic carbocycles. The molecule has 1 aliphatic rings. The number of nitrogens with zero attached hydrogens (tertiary/aromatic N) is 2. The minimum Gasteiger partial charge on any atom is -0.494 e. The zero-order chi connectivity index (χ0) is 18.9. The van der Waals surface area contributed by atoms with Crippen LogP contribution < -0.4 is 10.3 Å². The number of benzene rings is 1. The van der Waals surface area contributed by atoms with E-state index in [1.54, 1.807) is 0 Å². The summed E-state index contributed by atoms with van der Waals surface area (Å²) < 4.78 is 38.4. The molecule has 1 aromatic heterocycles. The van der Waals surface area contributed by atoms with E-state index in [0.717, 1.165) is 23.9 Å². The Balaban J connectivity index is 2.14. The first-order chi connectivity index (χ1) is 12.4. The summed E-state index contributed by atoms with van der Waals surface area (Å²) in [6.45, 7) is 0. The van der Waals surface area contributed by atoms with E-state index in [1.807, 2.05) is 0 Å². The minimum atomic E-state index is -2.59. The fourth-order valence-electron chi connectivity index (χ4n) is 2.93. The Kier molecular flexibility index (Phi) is 4.99. The molecule has 1 N–H and O–H groups in total. The monoisotopic (exact) mass is 381 g/mol. The number of methoxy groups -OCH3 is 1. The van der Waals surface area contributed by atoms with Crippen LogP contribution in [-0.4, -0.2) is 38.4 Å². The lowest BCUT2D eigenvalue weighted by atomic mass is 10.0. The second-order valence-corrected chi connectivity index (χ2v) is 8.74. The van der Waals surface area contributed by atoms with Gasteiger partial charge in [0.25, 0.3) is 5.56 Å². The Hall–Kier alpha value is -2.42. The van der Waals surface area contributed by atoms with Crippen LogP contribution in [0.3, 0.4) is 0 Å². The number of aryl methyl sites for hydroxylation is 1. The van der Waals surface area contributed by atoms with Crippen LogP contribution in [0.15, 0.2) is 27.5 Å². The number of H-pyrrole nitrogens is 1. The summed E-state index contributed by atoms with van der Waals surface area (Å²) in [5.41, 5.74) is -1.26. The number of aromatic nitrogens is 2. The lowest BCUT2D eigenvalue weighted by molar-refractivity contribution is 0.103. The molecule has 140 valence electrons. The molecule has 0 bridgehead atoms. The van der Waals surface area contributed by atoms with Gasteiger partial charge in [-0.2, -0.15) is 4.36 Å². The zero-order valence-electron chi connectivity index (χ0n) is 14.6. The van der Waals surface area contributed by atoms with Crippen LogP contribution in [0.2, 0.25) is 0 Å². The van der Waals surface area contributed by atoms with Crippen LogP contribution >= 0.6 is 0 Å². The summed E-state index contributed by atoms with van der Waals surface area (Å²) in [6.07, 6.45) is 3.74. The first kappa shape index (κ1) is 18.4. The van der Waals surface area contributed by atoms with E-state index in [-0.39, 0.29) is 22.6 Å². The molecule has 1 aliphatic heterocycles. The van der Waals surface area contributed by atoms with E-state index in [1.165, 1.54) is 32.5 Å². The van der Waals surface area contributed by atoms with E-state index in [2.05, 4.69) is 9.46 Å². The van der Waals surface area contributed by atoms with Crippen molar-refractivity contribution in [2.75, 3.05) is 18.6 Å². The van der Waals surface area contributed by atoms with Crippen molar-refractivity contribution in [3.8, 4) is 5.75 Å². The number of nitrogens with one attached hydrogen (secondary N) is 1. The highest BCUT2D eigenvalue weighted by Crippen LogP contribution is 2.35. The van der Waals surface area contributed by atoms with Crippen molar-refractivity contribution in [3.05, 3.63) is 45.6 Å². The third-order valence-corrected chi connectivity index (χ3v) is 6.78. The van der Waals surface area contributed by atoms with Crippen molar-refractivity contribution in [1.29, 1.82) is 0 Å². The highest BCUT2D eigenvalue weighted by Gasteiger charge is 2.25. The van der Waals surface area contributed by atoms with Gasteiger partial charge in [0.05, 0.1) is 22.4 Å². The molecule has 7 nitrogen and oxygen atoms in total. The highest BCUT2D eigenvalue weighted by atomic mass is 32.2. The number of aromatic amines is 1. The molecule has 0 saturated carbocycles. The van der Waals surface area contributed by atoms with E-state index in [0.29, 0.717) is 11.5 Å². The average molecular weight is 381 g/mol. The van der Waals surface area contributed by atoms with Crippen molar-refractivity contribution < 1.29 is 18.1 Å². The Bertz CT molecular complexity index is 1020. The van der Waals surface area contributed by atoms with Gasteiger partial charge in [-0.05, 0) is 25.0 Å². The van der Waals surface area contributed by atoms with Crippen LogP contribution in [0.4, 0.5) is 10.1 Å². The van der Waals surface area contributed by atoms with Crippen LogP contribution in [-0.2, 0) is 16.8 Å². The number of hydrogen-bond acceptors (Lipinski definition) is 5. The lowest BCUT2D eigenvalue weighted by Gasteiger charge is -2.16. The zero-order valence-corrected chi connectivity index (χ0v) is 15.4. The number of hydrogen-bond donors (Lipinski definition) is 1. The van der Waals surface area contributed by atoms with E-state index in [4.69, 9.17) is 4.74 Å². The maximum atomic E-state index is 15.1. The smallest absolute Gasteiger partial charge is 0.277 e. The van der Waals surface area contributed by atoms with Crippen molar-refractivity contribution in [2.45, 2.75) is 19.3 Å². The second kappa shape index (κ2) is 7.06. The normalized spacial score (nSPS) is 16.3. The highest BCUT2D eigenvalue weighted by molar-refractivity contribution is 7.93. The van der Waals surface area contributed by atoms with Gasteiger partial charge in [-0.1, -0.05) is 6.42 Å². The molecule has 2 heterocycles. The number of carbonyl (C=O) groups is 1. The summed E-state index contributed by atoms with van der Waals surface area (Å²) in [5.74, 6) is -0.791. The Morgan fingerprint density at radius 3 is 2.54 bits per heavy atom. The van der Waals surface area contributed by atoms with Gasteiger partial charge in [-0.15, -0.1) is 0 Å². The molecule has 1 saturated heterocycles.